The van der Waals surface area contributed by atoms with E-state index in [2.05, 4.69) is 5.32 Å². The van der Waals surface area contributed by atoms with Crippen LogP contribution in [0.1, 0.15) is 35.7 Å². The van der Waals surface area contributed by atoms with Crippen LogP contribution in [0, 0.1) is 12.8 Å². The first-order chi connectivity index (χ1) is 13.7. The quantitative estimate of drug-likeness (QED) is 0.723. The van der Waals surface area contributed by atoms with Crippen LogP contribution in [0.3, 0.4) is 0 Å². The van der Waals surface area contributed by atoms with Crippen molar-refractivity contribution in [2.24, 2.45) is 5.92 Å². The van der Waals surface area contributed by atoms with E-state index in [4.69, 9.17) is 11.6 Å². The van der Waals surface area contributed by atoms with Gasteiger partial charge in [-0.1, -0.05) is 29.8 Å². The largest absolute Gasteiger partial charge is 0.326 e. The van der Waals surface area contributed by atoms with E-state index in [-0.39, 0.29) is 35.6 Å². The van der Waals surface area contributed by atoms with Crippen LogP contribution in [0.25, 0.3) is 0 Å². The number of aryl methyl sites for hydroxylation is 1. The van der Waals surface area contributed by atoms with Crippen molar-refractivity contribution in [3.05, 3.63) is 58.6 Å². The van der Waals surface area contributed by atoms with Gasteiger partial charge in [0.15, 0.2) is 5.78 Å². The fourth-order valence-corrected chi connectivity index (χ4v) is 4.93. The fourth-order valence-electron chi connectivity index (χ4n) is 3.28. The molecule has 6 nitrogen and oxygen atoms in total. The van der Waals surface area contributed by atoms with E-state index < -0.39 is 10.0 Å². The first kappa shape index (κ1) is 21.5. The van der Waals surface area contributed by atoms with Crippen LogP contribution in [-0.2, 0) is 14.8 Å². The Morgan fingerprint density at radius 3 is 2.24 bits per heavy atom. The number of Topliss-reactive ketones (excluding diaryl/α,β-unsaturated/α-hetero) is 1. The van der Waals surface area contributed by atoms with Gasteiger partial charge in [0, 0.05) is 35.3 Å². The van der Waals surface area contributed by atoms with E-state index in [1.807, 2.05) is 13.0 Å². The van der Waals surface area contributed by atoms with E-state index in [9.17, 15) is 18.0 Å². The summed E-state index contributed by atoms with van der Waals surface area (Å²) in [6.45, 7) is 3.86. The minimum atomic E-state index is -3.65. The zero-order chi connectivity index (χ0) is 21.2. The Bertz CT molecular complexity index is 1030. The molecule has 0 spiro atoms. The average molecular weight is 435 g/mol. The summed E-state index contributed by atoms with van der Waals surface area (Å²) in [6, 6.07) is 11.3. The molecule has 1 heterocycles. The molecule has 2 aromatic rings. The van der Waals surface area contributed by atoms with Crippen LogP contribution < -0.4 is 5.32 Å². The molecule has 3 rings (SSSR count). The number of carbonyl (C=O) groups excluding carboxylic acids is 2. The predicted octanol–water partition coefficient (Wildman–Crippen LogP) is 3.89. The lowest BCUT2D eigenvalue weighted by atomic mass is 9.97. The Labute approximate surface area is 175 Å². The summed E-state index contributed by atoms with van der Waals surface area (Å²) in [5.74, 6) is -0.509. The lowest BCUT2D eigenvalue weighted by Crippen LogP contribution is -2.41. The maximum Gasteiger partial charge on any atom is 0.243 e. The number of sulfonamides is 1. The van der Waals surface area contributed by atoms with Crippen molar-refractivity contribution in [3.63, 3.8) is 0 Å². The average Bonchev–Trinajstić information content (AvgIpc) is 2.71. The standard InChI is InChI=1S/C21H23ClN2O4S/c1-14-3-6-18(13-20(14)22)23-21(26)17-9-11-24(12-10-17)29(27,28)19-7-4-16(5-8-19)15(2)25/h3-8,13,17H,9-12H2,1-2H3,(H,23,26). The van der Waals surface area contributed by atoms with Crippen molar-refractivity contribution < 1.29 is 18.0 Å². The molecule has 0 unspecified atom stereocenters. The number of piperidine rings is 1. The molecule has 1 aliphatic heterocycles. The van der Waals surface area contributed by atoms with Crippen molar-refractivity contribution in [3.8, 4) is 0 Å². The topological polar surface area (TPSA) is 83.6 Å². The van der Waals surface area contributed by atoms with E-state index in [0.717, 1.165) is 5.56 Å². The van der Waals surface area contributed by atoms with Crippen LogP contribution >= 0.6 is 11.6 Å². The van der Waals surface area contributed by atoms with Gasteiger partial charge in [0.2, 0.25) is 15.9 Å². The predicted molar refractivity (Wildman–Crippen MR) is 113 cm³/mol. The number of halogens is 1. The Morgan fingerprint density at radius 2 is 1.69 bits per heavy atom. The molecule has 1 aliphatic rings. The lowest BCUT2D eigenvalue weighted by molar-refractivity contribution is -0.120. The molecule has 1 amide bonds. The highest BCUT2D eigenvalue weighted by Gasteiger charge is 2.32. The van der Waals surface area contributed by atoms with Crippen LogP contribution in [-0.4, -0.2) is 37.5 Å². The number of nitrogens with one attached hydrogen (secondary N) is 1. The molecule has 0 radical (unpaired) electrons. The van der Waals surface area contributed by atoms with Gasteiger partial charge in [0.05, 0.1) is 4.90 Å². The monoisotopic (exact) mass is 434 g/mol. The number of carbonyl (C=O) groups is 2. The number of hydrogen-bond donors (Lipinski definition) is 1. The highest BCUT2D eigenvalue weighted by Crippen LogP contribution is 2.26. The molecule has 1 N–H and O–H groups in total. The summed E-state index contributed by atoms with van der Waals surface area (Å²) in [4.78, 5) is 24.1. The highest BCUT2D eigenvalue weighted by molar-refractivity contribution is 7.89. The maximum absolute atomic E-state index is 12.8. The van der Waals surface area contributed by atoms with E-state index in [0.29, 0.717) is 29.1 Å². The molecule has 0 atom stereocenters. The highest BCUT2D eigenvalue weighted by atomic mass is 35.5. The fraction of sp³-hybridized carbons (Fsp3) is 0.333. The normalized spacial score (nSPS) is 15.8. The minimum absolute atomic E-state index is 0.115. The van der Waals surface area contributed by atoms with Crippen LogP contribution in [0.15, 0.2) is 47.4 Å². The molecule has 1 saturated heterocycles. The van der Waals surface area contributed by atoms with Gasteiger partial charge in [-0.25, -0.2) is 8.42 Å². The number of ketones is 1. The Morgan fingerprint density at radius 1 is 1.07 bits per heavy atom. The molecule has 0 aromatic heterocycles. The molecular formula is C21H23ClN2O4S. The first-order valence-corrected chi connectivity index (χ1v) is 11.2. The molecular weight excluding hydrogens is 412 g/mol. The summed E-state index contributed by atoms with van der Waals surface area (Å²) in [6.07, 6.45) is 0.881. The molecule has 0 saturated carbocycles. The van der Waals surface area contributed by atoms with Gasteiger partial charge in [-0.2, -0.15) is 4.31 Å². The third kappa shape index (κ3) is 4.86. The Balaban J connectivity index is 1.62. The Hall–Kier alpha value is -2.22. The molecule has 0 bridgehead atoms. The summed E-state index contributed by atoms with van der Waals surface area (Å²) in [7, 11) is -3.65. The second-order valence-electron chi connectivity index (χ2n) is 7.21. The number of amides is 1. The van der Waals surface area contributed by atoms with Crippen LogP contribution in [0.2, 0.25) is 5.02 Å². The maximum atomic E-state index is 12.8. The zero-order valence-corrected chi connectivity index (χ0v) is 17.9. The summed E-state index contributed by atoms with van der Waals surface area (Å²) >= 11 is 6.09. The summed E-state index contributed by atoms with van der Waals surface area (Å²) in [5, 5.41) is 3.44. The number of hydrogen-bond acceptors (Lipinski definition) is 4. The number of anilines is 1. The smallest absolute Gasteiger partial charge is 0.243 e. The third-order valence-corrected chi connectivity index (χ3v) is 7.48. The Kier molecular flexibility index (Phi) is 6.41. The molecule has 154 valence electrons. The van der Waals surface area contributed by atoms with Gasteiger partial charge in [0.25, 0.3) is 0 Å². The van der Waals surface area contributed by atoms with Crippen molar-refractivity contribution >= 4 is 39.0 Å². The second-order valence-corrected chi connectivity index (χ2v) is 9.56. The van der Waals surface area contributed by atoms with E-state index in [1.54, 1.807) is 12.1 Å². The number of benzene rings is 2. The molecule has 29 heavy (non-hydrogen) atoms. The molecule has 1 fully saturated rings. The van der Waals surface area contributed by atoms with Gasteiger partial charge >= 0.3 is 0 Å². The zero-order valence-electron chi connectivity index (χ0n) is 16.3. The van der Waals surface area contributed by atoms with E-state index >= 15 is 0 Å². The van der Waals surface area contributed by atoms with Gasteiger partial charge in [-0.3, -0.25) is 9.59 Å². The summed E-state index contributed by atoms with van der Waals surface area (Å²) in [5.41, 5.74) is 2.03. The lowest BCUT2D eigenvalue weighted by Gasteiger charge is -2.30. The minimum Gasteiger partial charge on any atom is -0.326 e. The van der Waals surface area contributed by atoms with Gasteiger partial charge < -0.3 is 5.32 Å². The van der Waals surface area contributed by atoms with Crippen LogP contribution in [0.4, 0.5) is 5.69 Å². The molecule has 8 heteroatoms. The molecule has 0 aliphatic carbocycles. The van der Waals surface area contributed by atoms with Crippen molar-refractivity contribution in [1.29, 1.82) is 0 Å². The van der Waals surface area contributed by atoms with Crippen molar-refractivity contribution in [2.75, 3.05) is 18.4 Å². The van der Waals surface area contributed by atoms with Crippen molar-refractivity contribution in [2.45, 2.75) is 31.6 Å². The van der Waals surface area contributed by atoms with Gasteiger partial charge in [0.1, 0.15) is 0 Å². The van der Waals surface area contributed by atoms with E-state index in [1.165, 1.54) is 35.5 Å². The number of rotatable bonds is 5. The van der Waals surface area contributed by atoms with Crippen molar-refractivity contribution in [1.82, 2.24) is 4.31 Å². The van der Waals surface area contributed by atoms with Gasteiger partial charge in [-0.05, 0) is 56.5 Å². The summed E-state index contributed by atoms with van der Waals surface area (Å²) < 4.78 is 27.1. The molecule has 2 aromatic carbocycles. The first-order valence-electron chi connectivity index (χ1n) is 9.36. The second kappa shape index (κ2) is 8.65. The SMILES string of the molecule is CC(=O)c1ccc(S(=O)(=O)N2CCC(C(=O)Nc3ccc(C)c(Cl)c3)CC2)cc1. The number of nitrogens with zero attached hydrogens (tertiary/aromatic N) is 1. The third-order valence-electron chi connectivity index (χ3n) is 5.16. The van der Waals surface area contributed by atoms with Gasteiger partial charge in [-0.15, -0.1) is 0 Å². The van der Waals surface area contributed by atoms with Crippen LogP contribution in [0.5, 0.6) is 0 Å².